The Morgan fingerprint density at radius 1 is 1.35 bits per heavy atom. The average molecular weight is 252 g/mol. The summed E-state index contributed by atoms with van der Waals surface area (Å²) in [6.07, 6.45) is 2.07. The van der Waals surface area contributed by atoms with Crippen molar-refractivity contribution in [2.75, 3.05) is 0 Å². The molecule has 0 aliphatic heterocycles. The average Bonchev–Trinajstić information content (AvgIpc) is 2.68. The zero-order valence-electron chi connectivity index (χ0n) is 9.76. The van der Waals surface area contributed by atoms with Crippen molar-refractivity contribution in [3.8, 4) is 0 Å². The minimum absolute atomic E-state index is 0.491. The summed E-state index contributed by atoms with van der Waals surface area (Å²) in [6.45, 7) is 1.75. The van der Waals surface area contributed by atoms with Crippen molar-refractivity contribution in [2.45, 2.75) is 18.9 Å². The molecule has 0 aliphatic carbocycles. The third-order valence-electron chi connectivity index (χ3n) is 2.73. The molecule has 90 valence electrons. The second kappa shape index (κ2) is 4.47. The van der Waals surface area contributed by atoms with Gasteiger partial charge in [0, 0.05) is 18.5 Å². The van der Waals surface area contributed by atoms with Gasteiger partial charge in [-0.1, -0.05) is 28.9 Å². The molecule has 1 N–H and O–H groups in total. The molecule has 0 bridgehead atoms. The number of nitrogens with zero attached hydrogens (tertiary/aromatic N) is 3. The van der Waals surface area contributed by atoms with Gasteiger partial charge in [0.15, 0.2) is 0 Å². The number of rotatable bonds is 3. The van der Waals surface area contributed by atoms with Crippen molar-refractivity contribution >= 4 is 11.6 Å². The molecule has 0 fully saturated rings. The second-order valence-electron chi connectivity index (χ2n) is 4.32. The highest BCUT2D eigenvalue weighted by molar-refractivity contribution is 6.30. The first kappa shape index (κ1) is 12.1. The maximum Gasteiger partial charge on any atom is 0.109 e. The summed E-state index contributed by atoms with van der Waals surface area (Å²) < 4.78 is 1.58. The molecule has 2 aromatic rings. The largest absolute Gasteiger partial charge is 0.383 e. The van der Waals surface area contributed by atoms with E-state index in [0.717, 1.165) is 5.56 Å². The normalized spacial score (nSPS) is 14.6. The molecule has 0 radical (unpaired) electrons. The van der Waals surface area contributed by atoms with E-state index >= 15 is 0 Å². The van der Waals surface area contributed by atoms with Gasteiger partial charge in [-0.05, 0) is 24.6 Å². The third-order valence-corrected chi connectivity index (χ3v) is 2.98. The van der Waals surface area contributed by atoms with Crippen molar-refractivity contribution in [2.24, 2.45) is 7.05 Å². The maximum absolute atomic E-state index is 10.4. The lowest BCUT2D eigenvalue weighted by atomic mass is 9.93. The summed E-state index contributed by atoms with van der Waals surface area (Å²) in [5.74, 6) is 0. The van der Waals surface area contributed by atoms with Gasteiger partial charge in [0.05, 0.1) is 11.9 Å². The molecule has 1 aromatic heterocycles. The fraction of sp³-hybridized carbons (Fsp3) is 0.333. The molecule has 1 aromatic carbocycles. The van der Waals surface area contributed by atoms with Crippen LogP contribution in [0.4, 0.5) is 0 Å². The number of benzene rings is 1. The van der Waals surface area contributed by atoms with Gasteiger partial charge in [0.2, 0.25) is 0 Å². The van der Waals surface area contributed by atoms with Crippen LogP contribution in [-0.4, -0.2) is 20.1 Å². The predicted molar refractivity (Wildman–Crippen MR) is 65.7 cm³/mol. The summed E-state index contributed by atoms with van der Waals surface area (Å²) in [5, 5.41) is 18.7. The SMILES string of the molecule is Cn1nncc1C(C)(O)Cc1ccc(Cl)cc1. The summed E-state index contributed by atoms with van der Waals surface area (Å²) in [7, 11) is 1.76. The molecule has 0 aliphatic rings. The van der Waals surface area contributed by atoms with Crippen LogP contribution >= 0.6 is 11.6 Å². The van der Waals surface area contributed by atoms with Crippen LogP contribution in [0.2, 0.25) is 5.02 Å². The quantitative estimate of drug-likeness (QED) is 0.907. The van der Waals surface area contributed by atoms with E-state index in [4.69, 9.17) is 11.6 Å². The van der Waals surface area contributed by atoms with E-state index in [0.29, 0.717) is 17.1 Å². The Balaban J connectivity index is 2.23. The van der Waals surface area contributed by atoms with Gasteiger partial charge < -0.3 is 5.11 Å². The zero-order valence-corrected chi connectivity index (χ0v) is 10.5. The Morgan fingerprint density at radius 3 is 2.53 bits per heavy atom. The fourth-order valence-corrected chi connectivity index (χ4v) is 1.99. The van der Waals surface area contributed by atoms with Crippen LogP contribution in [0, 0.1) is 0 Å². The van der Waals surface area contributed by atoms with Crippen molar-refractivity contribution in [3.05, 3.63) is 46.7 Å². The molecule has 1 atom stereocenters. The molecule has 0 amide bonds. The summed E-state index contributed by atoms with van der Waals surface area (Å²) >= 11 is 5.82. The molecular formula is C12H14ClN3O. The molecule has 1 unspecified atom stereocenters. The first-order valence-electron chi connectivity index (χ1n) is 5.31. The number of aryl methyl sites for hydroxylation is 1. The molecule has 2 rings (SSSR count). The topological polar surface area (TPSA) is 50.9 Å². The summed E-state index contributed by atoms with van der Waals surface area (Å²) in [5.41, 5.74) is 0.708. The van der Waals surface area contributed by atoms with Crippen molar-refractivity contribution < 1.29 is 5.11 Å². The molecule has 0 saturated carbocycles. The van der Waals surface area contributed by atoms with Crippen LogP contribution in [0.3, 0.4) is 0 Å². The van der Waals surface area contributed by atoms with Gasteiger partial charge in [0.1, 0.15) is 5.60 Å². The molecular weight excluding hydrogens is 238 g/mol. The highest BCUT2D eigenvalue weighted by Crippen LogP contribution is 2.24. The van der Waals surface area contributed by atoms with Gasteiger partial charge in [-0.25, -0.2) is 4.68 Å². The highest BCUT2D eigenvalue weighted by Gasteiger charge is 2.27. The lowest BCUT2D eigenvalue weighted by Gasteiger charge is -2.22. The lowest BCUT2D eigenvalue weighted by molar-refractivity contribution is 0.0490. The molecule has 17 heavy (non-hydrogen) atoms. The number of aromatic nitrogens is 3. The van der Waals surface area contributed by atoms with Crippen molar-refractivity contribution in [1.82, 2.24) is 15.0 Å². The second-order valence-corrected chi connectivity index (χ2v) is 4.76. The number of aliphatic hydroxyl groups is 1. The van der Waals surface area contributed by atoms with E-state index in [1.165, 1.54) is 0 Å². The van der Waals surface area contributed by atoms with Gasteiger partial charge in [0.25, 0.3) is 0 Å². The van der Waals surface area contributed by atoms with Gasteiger partial charge in [-0.15, -0.1) is 5.10 Å². The van der Waals surface area contributed by atoms with E-state index in [1.54, 1.807) is 24.9 Å². The van der Waals surface area contributed by atoms with Crippen LogP contribution in [0.5, 0.6) is 0 Å². The standard InChI is InChI=1S/C12H14ClN3O/c1-12(17,11-8-14-15-16(11)2)7-9-3-5-10(13)6-4-9/h3-6,8,17H,7H2,1-2H3. The van der Waals surface area contributed by atoms with Gasteiger partial charge in [-0.3, -0.25) is 0 Å². The molecule has 1 heterocycles. The van der Waals surface area contributed by atoms with Crippen LogP contribution in [0.25, 0.3) is 0 Å². The molecule has 5 heteroatoms. The van der Waals surface area contributed by atoms with Crippen LogP contribution in [0.1, 0.15) is 18.2 Å². The zero-order chi connectivity index (χ0) is 12.5. The number of halogens is 1. The van der Waals surface area contributed by atoms with Crippen LogP contribution < -0.4 is 0 Å². The molecule has 0 saturated heterocycles. The fourth-order valence-electron chi connectivity index (χ4n) is 1.87. The maximum atomic E-state index is 10.4. The van der Waals surface area contributed by atoms with Gasteiger partial charge >= 0.3 is 0 Å². The van der Waals surface area contributed by atoms with Gasteiger partial charge in [-0.2, -0.15) is 0 Å². The smallest absolute Gasteiger partial charge is 0.109 e. The Morgan fingerprint density at radius 2 is 2.00 bits per heavy atom. The Hall–Kier alpha value is -1.39. The van der Waals surface area contributed by atoms with Crippen molar-refractivity contribution in [3.63, 3.8) is 0 Å². The monoisotopic (exact) mass is 251 g/mol. The first-order chi connectivity index (χ1) is 7.99. The minimum Gasteiger partial charge on any atom is -0.383 e. The van der Waals surface area contributed by atoms with E-state index < -0.39 is 5.60 Å². The minimum atomic E-state index is -0.994. The van der Waals surface area contributed by atoms with Crippen LogP contribution in [-0.2, 0) is 19.1 Å². The van der Waals surface area contributed by atoms with E-state index in [2.05, 4.69) is 10.3 Å². The first-order valence-corrected chi connectivity index (χ1v) is 5.69. The molecule has 4 nitrogen and oxygen atoms in total. The Labute approximate surface area is 105 Å². The number of hydrogen-bond acceptors (Lipinski definition) is 3. The van der Waals surface area contributed by atoms with E-state index in [9.17, 15) is 5.11 Å². The summed E-state index contributed by atoms with van der Waals surface area (Å²) in [6, 6.07) is 7.43. The van der Waals surface area contributed by atoms with Crippen molar-refractivity contribution in [1.29, 1.82) is 0 Å². The molecule has 0 spiro atoms. The Kier molecular flexibility index (Phi) is 3.17. The van der Waals surface area contributed by atoms with E-state index in [1.807, 2.05) is 24.3 Å². The lowest BCUT2D eigenvalue weighted by Crippen LogP contribution is -2.27. The van der Waals surface area contributed by atoms with E-state index in [-0.39, 0.29) is 0 Å². The summed E-state index contributed by atoms with van der Waals surface area (Å²) in [4.78, 5) is 0. The predicted octanol–water partition coefficient (Wildman–Crippen LogP) is 1.92. The number of hydrogen-bond donors (Lipinski definition) is 1. The Bertz CT molecular complexity index is 505. The highest BCUT2D eigenvalue weighted by atomic mass is 35.5. The van der Waals surface area contributed by atoms with Crippen LogP contribution in [0.15, 0.2) is 30.5 Å². The third kappa shape index (κ3) is 2.65.